The number of ether oxygens (including phenoxy) is 2. The van der Waals surface area contributed by atoms with Crippen molar-refractivity contribution in [2.45, 2.75) is 134 Å². The van der Waals surface area contributed by atoms with Gasteiger partial charge < -0.3 is 41.0 Å². The second-order valence-corrected chi connectivity index (χ2v) is 23.5. The maximum Gasteiger partial charge on any atom is 0.315 e. The molecule has 3 aromatic rings. The second kappa shape index (κ2) is 19.7. The molecule has 5 aliphatic rings. The van der Waals surface area contributed by atoms with Crippen molar-refractivity contribution in [2.24, 2.45) is 17.3 Å². The standard InChI is InChI=1S/C48H68N10O8S2/c1-9-30-24-48(30,44(61)50-31-15-16-31)55-42(59)38-22-33(66-39-23-36(37-27-67-46(52-37)49-28(2)3)51-35-21-32(65-8)17-18-34(35)39)25-58(38)43(60)41(29-13-11-10-12-14-29)54-45(62)53-40(47(4,5)6)26-57-20-19-56(7)68(57,63)64/h9,17-18,21,23,27-31,33,38,40-41H,1,10-16,19-20,22,24-26H2,2-8H3,(H,49,52)(H,50,61)(H,55,59)(H2,53,54,62)/t30?,33-,38+,40-,41+,48-/m1/s1. The molecule has 2 aliphatic heterocycles. The number of fused-ring (bicyclic) bond motifs is 1. The Morgan fingerprint density at radius 1 is 1.01 bits per heavy atom. The Labute approximate surface area is 403 Å². The molecule has 3 saturated carbocycles. The van der Waals surface area contributed by atoms with Crippen molar-refractivity contribution < 1.29 is 37.1 Å². The summed E-state index contributed by atoms with van der Waals surface area (Å²) in [6.07, 6.45) is 7.35. The van der Waals surface area contributed by atoms with Gasteiger partial charge in [0.1, 0.15) is 40.9 Å². The van der Waals surface area contributed by atoms with E-state index >= 15 is 4.79 Å². The van der Waals surface area contributed by atoms with Gasteiger partial charge in [-0.15, -0.1) is 17.9 Å². The van der Waals surface area contributed by atoms with Crippen LogP contribution in [0.5, 0.6) is 11.5 Å². The van der Waals surface area contributed by atoms with Crippen molar-refractivity contribution in [3.05, 3.63) is 42.3 Å². The summed E-state index contributed by atoms with van der Waals surface area (Å²) in [5, 5.41) is 18.9. The molecule has 3 aliphatic carbocycles. The Hall–Kier alpha value is -5.05. The van der Waals surface area contributed by atoms with Crippen molar-refractivity contribution in [3.63, 3.8) is 0 Å². The van der Waals surface area contributed by atoms with Crippen LogP contribution < -0.4 is 36.1 Å². The predicted octanol–water partition coefficient (Wildman–Crippen LogP) is 5.03. The van der Waals surface area contributed by atoms with Crippen LogP contribution in [0.15, 0.2) is 42.3 Å². The fraction of sp³-hybridized carbons (Fsp3) is 0.625. The fourth-order valence-corrected chi connectivity index (χ4v) is 11.9. The number of nitrogens with one attached hydrogen (secondary N) is 5. The molecule has 8 rings (SSSR count). The number of rotatable bonds is 17. The lowest BCUT2D eigenvalue weighted by atomic mass is 9.83. The lowest BCUT2D eigenvalue weighted by molar-refractivity contribution is -0.142. The molecular formula is C48H68N10O8S2. The van der Waals surface area contributed by atoms with E-state index in [1.807, 2.05) is 64.3 Å². The van der Waals surface area contributed by atoms with Crippen LogP contribution in [0.4, 0.5) is 9.93 Å². The highest BCUT2D eigenvalue weighted by Crippen LogP contribution is 2.46. The van der Waals surface area contributed by atoms with E-state index in [2.05, 4.69) is 33.2 Å². The van der Waals surface area contributed by atoms with E-state index in [9.17, 15) is 22.8 Å². The third-order valence-electron chi connectivity index (χ3n) is 14.1. The molecule has 1 unspecified atom stereocenters. The Bertz CT molecular complexity index is 2500. The monoisotopic (exact) mass is 976 g/mol. The molecule has 6 atom stereocenters. The predicted molar refractivity (Wildman–Crippen MR) is 261 cm³/mol. The molecule has 20 heteroatoms. The number of hydrogen-bond acceptors (Lipinski definition) is 12. The van der Waals surface area contributed by atoms with E-state index in [-0.39, 0.29) is 49.3 Å². The Kier molecular flexibility index (Phi) is 14.3. The molecule has 2 aromatic heterocycles. The Morgan fingerprint density at radius 2 is 1.76 bits per heavy atom. The second-order valence-electron chi connectivity index (χ2n) is 20.6. The van der Waals surface area contributed by atoms with Gasteiger partial charge >= 0.3 is 6.03 Å². The summed E-state index contributed by atoms with van der Waals surface area (Å²) in [6.45, 7) is 14.5. The van der Waals surface area contributed by atoms with Gasteiger partial charge in [0.05, 0.1) is 24.9 Å². The minimum Gasteiger partial charge on any atom is -0.497 e. The molecule has 68 heavy (non-hydrogen) atoms. The average Bonchev–Trinajstić information content (AvgIpc) is 4.12. The first-order valence-electron chi connectivity index (χ1n) is 24.0. The highest BCUT2D eigenvalue weighted by atomic mass is 32.2. The van der Waals surface area contributed by atoms with Gasteiger partial charge in [0.2, 0.25) is 17.7 Å². The number of likely N-dealkylation sites (N-methyl/N-ethyl adjacent to an activating group) is 1. The number of anilines is 1. The lowest BCUT2D eigenvalue weighted by Crippen LogP contribution is -2.61. The first kappa shape index (κ1) is 49.4. The highest BCUT2D eigenvalue weighted by Gasteiger charge is 2.61. The van der Waals surface area contributed by atoms with Crippen LogP contribution in [0.25, 0.3) is 22.3 Å². The van der Waals surface area contributed by atoms with Crippen LogP contribution in [0.2, 0.25) is 0 Å². The smallest absolute Gasteiger partial charge is 0.315 e. The molecule has 2 saturated heterocycles. The van der Waals surface area contributed by atoms with E-state index in [0.29, 0.717) is 66.1 Å². The quantitative estimate of drug-likeness (QED) is 0.113. The minimum absolute atomic E-state index is 0.00894. The zero-order valence-electron chi connectivity index (χ0n) is 40.3. The molecule has 0 radical (unpaired) electrons. The number of urea groups is 1. The van der Waals surface area contributed by atoms with Gasteiger partial charge in [0, 0.05) is 80.0 Å². The minimum atomic E-state index is -3.68. The number of nitrogens with zero attached hydrogens (tertiary/aromatic N) is 5. The van der Waals surface area contributed by atoms with Crippen LogP contribution in [0.1, 0.15) is 92.4 Å². The van der Waals surface area contributed by atoms with Crippen molar-refractivity contribution in [3.8, 4) is 22.9 Å². The zero-order chi connectivity index (χ0) is 48.7. The maximum absolute atomic E-state index is 15.4. The lowest BCUT2D eigenvalue weighted by Gasteiger charge is -2.37. The molecule has 0 spiro atoms. The van der Waals surface area contributed by atoms with Gasteiger partial charge in [-0.05, 0) is 69.4 Å². The van der Waals surface area contributed by atoms with Gasteiger partial charge in [-0.25, -0.2) is 14.8 Å². The molecule has 18 nitrogen and oxygen atoms in total. The van der Waals surface area contributed by atoms with Crippen molar-refractivity contribution in [1.29, 1.82) is 0 Å². The highest BCUT2D eigenvalue weighted by molar-refractivity contribution is 7.87. The summed E-state index contributed by atoms with van der Waals surface area (Å²) < 4.78 is 41.3. The van der Waals surface area contributed by atoms with Gasteiger partial charge in [0.15, 0.2) is 5.13 Å². The number of methoxy groups -OCH3 is 1. The van der Waals surface area contributed by atoms with E-state index in [0.717, 1.165) is 37.2 Å². The summed E-state index contributed by atoms with van der Waals surface area (Å²) in [6, 6.07) is 4.30. The summed E-state index contributed by atoms with van der Waals surface area (Å²) in [7, 11) is -0.562. The first-order chi connectivity index (χ1) is 32.3. The van der Waals surface area contributed by atoms with Gasteiger partial charge in [-0.3, -0.25) is 14.4 Å². The molecule has 5 fully saturated rings. The van der Waals surface area contributed by atoms with Crippen molar-refractivity contribution in [1.82, 2.24) is 44.7 Å². The summed E-state index contributed by atoms with van der Waals surface area (Å²) in [5.41, 5.74) is 0.0712. The number of amides is 5. The number of carbonyl (C=O) groups excluding carboxylic acids is 4. The van der Waals surface area contributed by atoms with E-state index in [1.165, 1.54) is 31.9 Å². The largest absolute Gasteiger partial charge is 0.497 e. The van der Waals surface area contributed by atoms with Crippen molar-refractivity contribution >= 4 is 61.3 Å². The van der Waals surface area contributed by atoms with E-state index in [4.69, 9.17) is 19.4 Å². The number of aromatic nitrogens is 2. The van der Waals surface area contributed by atoms with Gasteiger partial charge in [-0.2, -0.15) is 17.0 Å². The summed E-state index contributed by atoms with van der Waals surface area (Å²) in [4.78, 5) is 69.5. The average molecular weight is 977 g/mol. The third-order valence-corrected chi connectivity index (χ3v) is 16.8. The third kappa shape index (κ3) is 10.7. The Morgan fingerprint density at radius 3 is 2.40 bits per heavy atom. The van der Waals surface area contributed by atoms with Crippen molar-refractivity contribution in [2.75, 3.05) is 45.7 Å². The van der Waals surface area contributed by atoms with Crippen LogP contribution in [-0.4, -0.2) is 138 Å². The molecular weight excluding hydrogens is 909 g/mol. The fourth-order valence-electron chi connectivity index (χ4n) is 9.64. The molecule has 370 valence electrons. The van der Waals surface area contributed by atoms with Crippen LogP contribution in [0, 0.1) is 17.3 Å². The van der Waals surface area contributed by atoms with E-state index in [1.54, 1.807) is 13.2 Å². The van der Waals surface area contributed by atoms with Gasteiger partial charge in [0.25, 0.3) is 10.2 Å². The summed E-state index contributed by atoms with van der Waals surface area (Å²) in [5.74, 6) is -0.614. The number of hydrogen-bond donors (Lipinski definition) is 5. The molecule has 0 bridgehead atoms. The Balaban J connectivity index is 1.11. The molecule has 5 amide bonds. The number of carbonyl (C=O) groups is 4. The normalized spacial score (nSPS) is 25.1. The zero-order valence-corrected chi connectivity index (χ0v) is 41.9. The van der Waals surface area contributed by atoms with Crippen LogP contribution in [-0.2, 0) is 24.6 Å². The van der Waals surface area contributed by atoms with E-state index < -0.39 is 63.2 Å². The summed E-state index contributed by atoms with van der Waals surface area (Å²) >= 11 is 1.47. The molecule has 1 aromatic carbocycles. The van der Waals surface area contributed by atoms with Crippen LogP contribution >= 0.6 is 11.3 Å². The number of pyridine rings is 1. The molecule has 4 heterocycles. The SMILES string of the molecule is C=CC1C[C@]1(NC(=O)[C@@H]1C[C@@H](Oc2cc(-c3csc(NC(C)C)n3)nc3cc(OC)ccc23)CN1C(=O)[C@@H](NC(=O)N[C@H](CN1CCN(C)S1(=O)=O)C(C)(C)C)C1CCCCC1)C(=O)NC1CC1. The maximum atomic E-state index is 15.4. The first-order valence-corrected chi connectivity index (χ1v) is 26.3. The number of thiazole rings is 1. The molecule has 5 N–H and O–H groups in total. The number of likely N-dealkylation sites (tertiary alicyclic amines) is 1. The van der Waals surface area contributed by atoms with Gasteiger partial charge in [-0.1, -0.05) is 46.1 Å². The van der Waals surface area contributed by atoms with Crippen LogP contribution in [0.3, 0.4) is 0 Å². The number of benzene rings is 1. The topological polar surface area (TPSA) is 217 Å².